The lowest BCUT2D eigenvalue weighted by Gasteiger charge is -2.12. The standard InChI is InChI=1S/C20H16F6N4O3/c1-32-15-10-30(14-6-2-5-13(8-14)20(24,25)26)29-16(15)17(31)28-9-12-4-3-7-27-18(12)33-11-19(21,22)23/h2-8,10H,9,11H2,1H3,(H,28,31). The molecule has 0 saturated heterocycles. The molecule has 0 bridgehead atoms. The van der Waals surface area contributed by atoms with Gasteiger partial charge in [0, 0.05) is 18.3 Å². The maximum atomic E-state index is 13.0. The highest BCUT2D eigenvalue weighted by molar-refractivity contribution is 5.94. The molecule has 1 N–H and O–H groups in total. The number of nitrogens with zero attached hydrogens (tertiary/aromatic N) is 3. The Balaban J connectivity index is 1.78. The van der Waals surface area contributed by atoms with Crippen molar-refractivity contribution in [1.29, 1.82) is 0 Å². The van der Waals surface area contributed by atoms with Gasteiger partial charge in [-0.3, -0.25) is 4.79 Å². The van der Waals surface area contributed by atoms with E-state index in [1.165, 1.54) is 43.8 Å². The SMILES string of the molecule is COc1cn(-c2cccc(C(F)(F)F)c2)nc1C(=O)NCc1cccnc1OCC(F)(F)F. The number of halogens is 6. The summed E-state index contributed by atoms with van der Waals surface area (Å²) in [6.07, 6.45) is -6.67. The van der Waals surface area contributed by atoms with Crippen molar-refractivity contribution in [1.82, 2.24) is 20.1 Å². The lowest BCUT2D eigenvalue weighted by Crippen LogP contribution is -2.25. The van der Waals surface area contributed by atoms with Crippen LogP contribution in [-0.4, -0.2) is 40.6 Å². The quantitative estimate of drug-likeness (QED) is 0.521. The van der Waals surface area contributed by atoms with E-state index in [-0.39, 0.29) is 35.1 Å². The van der Waals surface area contributed by atoms with Crippen LogP contribution in [0.15, 0.2) is 48.8 Å². The molecule has 0 unspecified atom stereocenters. The minimum atomic E-state index is -4.57. The molecule has 0 aliphatic carbocycles. The van der Waals surface area contributed by atoms with Gasteiger partial charge in [0.1, 0.15) is 0 Å². The number of hydrogen-bond donors (Lipinski definition) is 1. The zero-order valence-corrected chi connectivity index (χ0v) is 16.9. The molecule has 0 spiro atoms. The first-order chi connectivity index (χ1) is 15.5. The molecule has 13 heteroatoms. The van der Waals surface area contributed by atoms with Crippen molar-refractivity contribution in [2.75, 3.05) is 13.7 Å². The molecule has 0 radical (unpaired) electrons. The number of ether oxygens (including phenoxy) is 2. The fourth-order valence-electron chi connectivity index (χ4n) is 2.72. The Bertz CT molecular complexity index is 1130. The average Bonchev–Trinajstić information content (AvgIpc) is 3.20. The largest absolute Gasteiger partial charge is 0.493 e. The molecule has 2 aromatic heterocycles. The van der Waals surface area contributed by atoms with Gasteiger partial charge < -0.3 is 14.8 Å². The van der Waals surface area contributed by atoms with Crippen LogP contribution in [0.3, 0.4) is 0 Å². The summed E-state index contributed by atoms with van der Waals surface area (Å²) in [6, 6.07) is 7.17. The van der Waals surface area contributed by atoms with Gasteiger partial charge >= 0.3 is 12.4 Å². The molecule has 0 saturated carbocycles. The highest BCUT2D eigenvalue weighted by atomic mass is 19.4. The van der Waals surface area contributed by atoms with Crippen molar-refractivity contribution < 1.29 is 40.6 Å². The second kappa shape index (κ2) is 9.38. The number of amides is 1. The lowest BCUT2D eigenvalue weighted by molar-refractivity contribution is -0.154. The second-order valence-electron chi connectivity index (χ2n) is 6.59. The zero-order valence-electron chi connectivity index (χ0n) is 16.9. The summed E-state index contributed by atoms with van der Waals surface area (Å²) in [5.41, 5.74) is -0.927. The first kappa shape index (κ1) is 23.9. The van der Waals surface area contributed by atoms with Crippen LogP contribution < -0.4 is 14.8 Å². The van der Waals surface area contributed by atoms with Gasteiger partial charge in [0.25, 0.3) is 5.91 Å². The van der Waals surface area contributed by atoms with Crippen molar-refractivity contribution in [2.45, 2.75) is 18.9 Å². The molecule has 33 heavy (non-hydrogen) atoms. The summed E-state index contributed by atoms with van der Waals surface area (Å²) >= 11 is 0. The first-order valence-electron chi connectivity index (χ1n) is 9.21. The number of nitrogens with one attached hydrogen (secondary N) is 1. The molecule has 3 aromatic rings. The molecule has 0 aliphatic heterocycles. The number of methoxy groups -OCH3 is 1. The predicted octanol–water partition coefficient (Wildman–Crippen LogP) is 4.17. The van der Waals surface area contributed by atoms with E-state index in [1.54, 1.807) is 0 Å². The summed E-state index contributed by atoms with van der Waals surface area (Å²) < 4.78 is 87.0. The van der Waals surface area contributed by atoms with E-state index >= 15 is 0 Å². The third-order valence-corrected chi connectivity index (χ3v) is 4.22. The maximum absolute atomic E-state index is 13.0. The van der Waals surface area contributed by atoms with Gasteiger partial charge in [-0.1, -0.05) is 12.1 Å². The molecule has 2 heterocycles. The van der Waals surface area contributed by atoms with Crippen LogP contribution in [0.4, 0.5) is 26.3 Å². The fraction of sp³-hybridized carbons (Fsp3) is 0.250. The van der Waals surface area contributed by atoms with Crippen LogP contribution in [0.2, 0.25) is 0 Å². The van der Waals surface area contributed by atoms with Crippen LogP contribution in [-0.2, 0) is 12.7 Å². The monoisotopic (exact) mass is 474 g/mol. The third kappa shape index (κ3) is 6.14. The van der Waals surface area contributed by atoms with Gasteiger partial charge in [-0.2, -0.15) is 31.4 Å². The van der Waals surface area contributed by atoms with Crippen LogP contribution in [0.25, 0.3) is 5.69 Å². The fourth-order valence-corrected chi connectivity index (χ4v) is 2.72. The van der Waals surface area contributed by atoms with Gasteiger partial charge in [-0.15, -0.1) is 0 Å². The highest BCUT2D eigenvalue weighted by Crippen LogP contribution is 2.31. The van der Waals surface area contributed by atoms with E-state index in [0.717, 1.165) is 16.8 Å². The van der Waals surface area contributed by atoms with Gasteiger partial charge in [-0.25, -0.2) is 9.67 Å². The van der Waals surface area contributed by atoms with Crippen molar-refractivity contribution in [2.24, 2.45) is 0 Å². The van der Waals surface area contributed by atoms with Crippen LogP contribution in [0.5, 0.6) is 11.6 Å². The molecule has 7 nitrogen and oxygen atoms in total. The minimum Gasteiger partial charge on any atom is -0.493 e. The minimum absolute atomic E-state index is 0.0235. The summed E-state index contributed by atoms with van der Waals surface area (Å²) in [6.45, 7) is -1.81. The van der Waals surface area contributed by atoms with E-state index in [4.69, 9.17) is 4.74 Å². The normalized spacial score (nSPS) is 11.8. The Labute approximate surface area is 182 Å². The van der Waals surface area contributed by atoms with E-state index in [2.05, 4.69) is 20.1 Å². The number of aromatic nitrogens is 3. The Morgan fingerprint density at radius 2 is 1.88 bits per heavy atom. The first-order valence-corrected chi connectivity index (χ1v) is 9.21. The number of carbonyl (C=O) groups excluding carboxylic acids is 1. The number of hydrogen-bond acceptors (Lipinski definition) is 5. The predicted molar refractivity (Wildman–Crippen MR) is 102 cm³/mol. The highest BCUT2D eigenvalue weighted by Gasteiger charge is 2.31. The van der Waals surface area contributed by atoms with Crippen LogP contribution in [0.1, 0.15) is 21.6 Å². The summed E-state index contributed by atoms with van der Waals surface area (Å²) in [5, 5.41) is 6.45. The molecule has 3 rings (SSSR count). The van der Waals surface area contributed by atoms with Crippen molar-refractivity contribution in [3.8, 4) is 17.3 Å². The number of pyridine rings is 1. The molecule has 1 amide bonds. The van der Waals surface area contributed by atoms with Crippen LogP contribution in [0, 0.1) is 0 Å². The smallest absolute Gasteiger partial charge is 0.422 e. The van der Waals surface area contributed by atoms with E-state index < -0.39 is 30.4 Å². The third-order valence-electron chi connectivity index (χ3n) is 4.22. The number of rotatable bonds is 7. The summed E-state index contributed by atoms with van der Waals surface area (Å²) in [4.78, 5) is 16.3. The Hall–Kier alpha value is -3.77. The zero-order chi connectivity index (χ0) is 24.2. The van der Waals surface area contributed by atoms with Crippen molar-refractivity contribution in [3.63, 3.8) is 0 Å². The Morgan fingerprint density at radius 3 is 2.55 bits per heavy atom. The maximum Gasteiger partial charge on any atom is 0.422 e. The van der Waals surface area contributed by atoms with Gasteiger partial charge in [0.2, 0.25) is 5.88 Å². The molecule has 0 aliphatic rings. The molecule has 0 atom stereocenters. The van der Waals surface area contributed by atoms with Gasteiger partial charge in [0.05, 0.1) is 24.6 Å². The van der Waals surface area contributed by atoms with Gasteiger partial charge in [-0.05, 0) is 24.3 Å². The Kier molecular flexibility index (Phi) is 6.79. The van der Waals surface area contributed by atoms with Crippen molar-refractivity contribution >= 4 is 5.91 Å². The number of benzene rings is 1. The molecule has 176 valence electrons. The number of carbonyl (C=O) groups is 1. The van der Waals surface area contributed by atoms with E-state index in [0.29, 0.717) is 0 Å². The summed E-state index contributed by atoms with van der Waals surface area (Å²) in [5.74, 6) is -1.11. The second-order valence-corrected chi connectivity index (χ2v) is 6.59. The molecular formula is C20H16F6N4O3. The lowest BCUT2D eigenvalue weighted by atomic mass is 10.2. The molecule has 1 aromatic carbocycles. The molecular weight excluding hydrogens is 458 g/mol. The average molecular weight is 474 g/mol. The van der Waals surface area contributed by atoms with Crippen molar-refractivity contribution in [3.05, 3.63) is 65.6 Å². The topological polar surface area (TPSA) is 78.3 Å². The van der Waals surface area contributed by atoms with E-state index in [9.17, 15) is 31.1 Å². The number of alkyl halides is 6. The Morgan fingerprint density at radius 1 is 1.12 bits per heavy atom. The van der Waals surface area contributed by atoms with E-state index in [1.807, 2.05) is 0 Å². The summed E-state index contributed by atoms with van der Waals surface area (Å²) in [7, 11) is 1.24. The van der Waals surface area contributed by atoms with Gasteiger partial charge in [0.15, 0.2) is 18.1 Å². The van der Waals surface area contributed by atoms with Crippen LogP contribution >= 0.6 is 0 Å². The molecule has 0 fully saturated rings.